The Hall–Kier alpha value is -3.68. The van der Waals surface area contributed by atoms with E-state index in [9.17, 15) is 14.0 Å². The molecule has 0 saturated carbocycles. The Labute approximate surface area is 217 Å². The molecule has 0 fully saturated rings. The van der Waals surface area contributed by atoms with Gasteiger partial charge in [0.25, 0.3) is 5.91 Å². The number of hydrogen-bond donors (Lipinski definition) is 0. The number of carbonyl (C=O) groups excluding carboxylic acids is 2. The highest BCUT2D eigenvalue weighted by atomic mass is 19.1. The van der Waals surface area contributed by atoms with Gasteiger partial charge in [-0.15, -0.1) is 0 Å². The maximum absolute atomic E-state index is 14.4. The first-order valence-electron chi connectivity index (χ1n) is 12.7. The molecule has 3 heterocycles. The van der Waals surface area contributed by atoms with E-state index in [0.29, 0.717) is 30.8 Å². The average molecular weight is 507 g/mol. The van der Waals surface area contributed by atoms with Gasteiger partial charge >= 0.3 is 6.09 Å². The van der Waals surface area contributed by atoms with Crippen LogP contribution in [0.2, 0.25) is 0 Å². The van der Waals surface area contributed by atoms with Crippen LogP contribution in [0.15, 0.2) is 42.6 Å². The number of fused-ring (bicyclic) bond motifs is 1. The monoisotopic (exact) mass is 506 g/mol. The maximum Gasteiger partial charge on any atom is 0.410 e. The lowest BCUT2D eigenvalue weighted by Gasteiger charge is -2.26. The maximum atomic E-state index is 14.4. The normalized spacial score (nSPS) is 13.9. The SMILES string of the molecule is CCN(C(=O)c1cc(F)ccc1-c1cc(C2=CCN(C(=O)OC(C)(C)C)C2)cc2cnc(C)n12)C(C)C. The number of aryl methyl sites for hydroxylation is 1. The molecule has 196 valence electrons. The van der Waals surface area contributed by atoms with Crippen LogP contribution in [0.5, 0.6) is 0 Å². The molecular weight excluding hydrogens is 471 g/mol. The van der Waals surface area contributed by atoms with E-state index in [0.717, 1.165) is 28.2 Å². The van der Waals surface area contributed by atoms with Gasteiger partial charge in [0.15, 0.2) is 0 Å². The van der Waals surface area contributed by atoms with Gasteiger partial charge in [-0.05, 0) is 89.9 Å². The average Bonchev–Trinajstić information content (AvgIpc) is 3.45. The Balaban J connectivity index is 1.80. The summed E-state index contributed by atoms with van der Waals surface area (Å²) in [5, 5.41) is 0. The van der Waals surface area contributed by atoms with E-state index in [-0.39, 0.29) is 18.0 Å². The minimum Gasteiger partial charge on any atom is -0.444 e. The molecule has 8 heteroatoms. The zero-order chi connectivity index (χ0) is 27.1. The third-order valence-electron chi connectivity index (χ3n) is 6.46. The van der Waals surface area contributed by atoms with Gasteiger partial charge in [0.05, 0.1) is 23.0 Å². The quantitative estimate of drug-likeness (QED) is 0.429. The molecule has 1 aliphatic heterocycles. The van der Waals surface area contributed by atoms with Crippen molar-refractivity contribution in [1.29, 1.82) is 0 Å². The van der Waals surface area contributed by atoms with Gasteiger partial charge < -0.3 is 14.5 Å². The number of nitrogens with zero attached hydrogens (tertiary/aromatic N) is 4. The molecule has 37 heavy (non-hydrogen) atoms. The molecule has 0 bridgehead atoms. The lowest BCUT2D eigenvalue weighted by atomic mass is 9.98. The first kappa shape index (κ1) is 26.4. The third-order valence-corrected chi connectivity index (χ3v) is 6.46. The van der Waals surface area contributed by atoms with Crippen molar-refractivity contribution in [2.75, 3.05) is 19.6 Å². The molecule has 0 atom stereocenters. The number of carbonyl (C=O) groups is 2. The minimum absolute atomic E-state index is 0.0302. The van der Waals surface area contributed by atoms with Crippen molar-refractivity contribution in [2.24, 2.45) is 0 Å². The summed E-state index contributed by atoms with van der Waals surface area (Å²) in [6.45, 7) is 14.6. The number of imidazole rings is 1. The van der Waals surface area contributed by atoms with Gasteiger partial charge in [0, 0.05) is 31.2 Å². The molecule has 0 spiro atoms. The van der Waals surface area contributed by atoms with Crippen molar-refractivity contribution in [3.8, 4) is 11.3 Å². The fraction of sp³-hybridized carbons (Fsp3) is 0.414. The molecule has 0 N–H and O–H groups in total. The van der Waals surface area contributed by atoms with Crippen molar-refractivity contribution in [2.45, 2.75) is 60.1 Å². The van der Waals surface area contributed by atoms with Crippen LogP contribution in [0.25, 0.3) is 22.3 Å². The highest BCUT2D eigenvalue weighted by Crippen LogP contribution is 2.33. The molecular formula is C29H35FN4O3. The first-order valence-corrected chi connectivity index (χ1v) is 12.7. The summed E-state index contributed by atoms with van der Waals surface area (Å²) in [5.74, 6) is 0.0685. The standard InChI is InChI=1S/C29H35FN4O3/c1-8-33(18(2)3)27(35)25-15-22(30)9-10-24(25)26-14-21(13-23-16-31-19(4)34(23)26)20-11-12-32(17-20)28(36)37-29(5,6)7/h9-11,13-16,18H,8,12,17H2,1-7H3. The predicted octanol–water partition coefficient (Wildman–Crippen LogP) is 5.95. The van der Waals surface area contributed by atoms with E-state index in [1.807, 2.05) is 71.1 Å². The molecule has 2 aromatic heterocycles. The number of rotatable bonds is 5. The van der Waals surface area contributed by atoms with Crippen LogP contribution < -0.4 is 0 Å². The second-order valence-electron chi connectivity index (χ2n) is 10.7. The van der Waals surface area contributed by atoms with Crippen LogP contribution in [0.1, 0.15) is 63.3 Å². The van der Waals surface area contributed by atoms with Crippen LogP contribution in [-0.2, 0) is 4.74 Å². The van der Waals surface area contributed by atoms with Crippen molar-refractivity contribution in [3.63, 3.8) is 0 Å². The summed E-state index contributed by atoms with van der Waals surface area (Å²) in [5.41, 5.74) is 3.82. The number of amides is 2. The van der Waals surface area contributed by atoms with E-state index < -0.39 is 11.4 Å². The van der Waals surface area contributed by atoms with Crippen LogP contribution in [0, 0.1) is 12.7 Å². The van der Waals surface area contributed by atoms with E-state index in [1.54, 1.807) is 22.1 Å². The molecule has 3 aromatic rings. The summed E-state index contributed by atoms with van der Waals surface area (Å²) < 4.78 is 22.0. The predicted molar refractivity (Wildman–Crippen MR) is 143 cm³/mol. The number of halogens is 1. The van der Waals surface area contributed by atoms with Crippen LogP contribution in [-0.4, -0.2) is 62.5 Å². The van der Waals surface area contributed by atoms with Crippen LogP contribution in [0.3, 0.4) is 0 Å². The lowest BCUT2D eigenvalue weighted by Crippen LogP contribution is -2.37. The smallest absolute Gasteiger partial charge is 0.410 e. The van der Waals surface area contributed by atoms with Crippen molar-refractivity contribution in [3.05, 3.63) is 65.4 Å². The van der Waals surface area contributed by atoms with Gasteiger partial charge in [-0.1, -0.05) is 6.08 Å². The zero-order valence-electron chi connectivity index (χ0n) is 22.6. The summed E-state index contributed by atoms with van der Waals surface area (Å²) in [6, 6.07) is 8.32. The van der Waals surface area contributed by atoms with Gasteiger partial charge in [0.2, 0.25) is 0 Å². The summed E-state index contributed by atoms with van der Waals surface area (Å²) in [7, 11) is 0. The molecule has 0 radical (unpaired) electrons. The second-order valence-corrected chi connectivity index (χ2v) is 10.7. The van der Waals surface area contributed by atoms with Gasteiger partial charge in [-0.2, -0.15) is 0 Å². The van der Waals surface area contributed by atoms with Gasteiger partial charge in [-0.25, -0.2) is 14.2 Å². The van der Waals surface area contributed by atoms with Gasteiger partial charge in [-0.3, -0.25) is 9.20 Å². The zero-order valence-corrected chi connectivity index (χ0v) is 22.6. The molecule has 0 aliphatic carbocycles. The topological polar surface area (TPSA) is 67.2 Å². The van der Waals surface area contributed by atoms with E-state index in [4.69, 9.17) is 4.74 Å². The van der Waals surface area contributed by atoms with Crippen molar-refractivity contribution < 1.29 is 18.7 Å². The Bertz CT molecular complexity index is 1380. The Morgan fingerprint density at radius 3 is 2.57 bits per heavy atom. The van der Waals surface area contributed by atoms with Gasteiger partial charge in [0.1, 0.15) is 17.2 Å². The molecule has 0 unspecified atom stereocenters. The molecule has 2 amide bonds. The summed E-state index contributed by atoms with van der Waals surface area (Å²) in [6.07, 6.45) is 3.43. The van der Waals surface area contributed by atoms with Crippen LogP contribution in [0.4, 0.5) is 9.18 Å². The molecule has 1 aliphatic rings. The summed E-state index contributed by atoms with van der Waals surface area (Å²) >= 11 is 0. The fourth-order valence-corrected chi connectivity index (χ4v) is 4.72. The third kappa shape index (κ3) is 5.38. The van der Waals surface area contributed by atoms with E-state index >= 15 is 0 Å². The van der Waals surface area contributed by atoms with E-state index in [2.05, 4.69) is 4.98 Å². The summed E-state index contributed by atoms with van der Waals surface area (Å²) in [4.78, 5) is 34.0. The highest BCUT2D eigenvalue weighted by Gasteiger charge is 2.27. The molecule has 4 rings (SSSR count). The number of ether oxygens (including phenoxy) is 1. The Kier molecular flexibility index (Phi) is 7.13. The number of hydrogen-bond acceptors (Lipinski definition) is 4. The molecule has 7 nitrogen and oxygen atoms in total. The van der Waals surface area contributed by atoms with Crippen molar-refractivity contribution >= 4 is 23.1 Å². The molecule has 0 saturated heterocycles. The van der Waals surface area contributed by atoms with Crippen molar-refractivity contribution in [1.82, 2.24) is 19.2 Å². The Morgan fingerprint density at radius 1 is 1.19 bits per heavy atom. The second kappa shape index (κ2) is 10.00. The molecule has 1 aromatic carbocycles. The largest absolute Gasteiger partial charge is 0.444 e. The number of benzene rings is 1. The van der Waals surface area contributed by atoms with Crippen LogP contribution >= 0.6 is 0 Å². The first-order chi connectivity index (χ1) is 17.4. The Morgan fingerprint density at radius 2 is 1.92 bits per heavy atom. The van der Waals surface area contributed by atoms with E-state index in [1.165, 1.54) is 12.1 Å². The lowest BCUT2D eigenvalue weighted by molar-refractivity contribution is 0.0306. The minimum atomic E-state index is -0.574. The number of aromatic nitrogens is 2. The fourth-order valence-electron chi connectivity index (χ4n) is 4.72. The highest BCUT2D eigenvalue weighted by molar-refractivity contribution is 6.01. The number of pyridine rings is 1.